The molecule has 0 saturated heterocycles. The van der Waals surface area contributed by atoms with Crippen LogP contribution in [0.1, 0.15) is 24.2 Å². The van der Waals surface area contributed by atoms with E-state index in [9.17, 15) is 19.8 Å². The van der Waals surface area contributed by atoms with E-state index < -0.39 is 18.0 Å². The largest absolute Gasteiger partial charge is 0.507 e. The Morgan fingerprint density at radius 1 is 1.03 bits per heavy atom. The number of anilines is 1. The second-order valence-electron chi connectivity index (χ2n) is 6.30. The summed E-state index contributed by atoms with van der Waals surface area (Å²) in [5.41, 5.74) is 0.226. The van der Waals surface area contributed by atoms with Crippen molar-refractivity contribution in [1.29, 1.82) is 0 Å². The van der Waals surface area contributed by atoms with Crippen LogP contribution in [0.2, 0.25) is 0 Å². The molecule has 1 atom stereocenters. The zero-order valence-electron chi connectivity index (χ0n) is 16.0. The van der Waals surface area contributed by atoms with E-state index in [0.29, 0.717) is 28.8 Å². The number of phenols is 2. The zero-order chi connectivity index (χ0) is 21.0. The third kappa shape index (κ3) is 4.24. The number of carbonyl (C=O) groups excluding carboxylic acids is 2. The maximum atomic E-state index is 12.5. The van der Waals surface area contributed by atoms with Crippen molar-refractivity contribution in [1.82, 2.24) is 0 Å². The van der Waals surface area contributed by atoms with Gasteiger partial charge in [0.25, 0.3) is 5.91 Å². The highest BCUT2D eigenvalue weighted by atomic mass is 16.5. The van der Waals surface area contributed by atoms with Crippen molar-refractivity contribution in [3.8, 4) is 17.2 Å². The lowest BCUT2D eigenvalue weighted by Gasteiger charge is -2.16. The molecule has 0 aliphatic heterocycles. The molecule has 3 N–H and O–H groups in total. The molecule has 3 aromatic rings. The monoisotopic (exact) mass is 395 g/mol. The molecule has 3 rings (SSSR count). The van der Waals surface area contributed by atoms with Gasteiger partial charge in [0.2, 0.25) is 0 Å². The molecule has 29 heavy (non-hydrogen) atoms. The van der Waals surface area contributed by atoms with Crippen LogP contribution in [-0.4, -0.2) is 34.8 Å². The van der Waals surface area contributed by atoms with Gasteiger partial charge >= 0.3 is 5.97 Å². The predicted octanol–water partition coefficient (Wildman–Crippen LogP) is 3.83. The van der Waals surface area contributed by atoms with Crippen LogP contribution >= 0.6 is 0 Å². The summed E-state index contributed by atoms with van der Waals surface area (Å²) >= 11 is 0. The normalized spacial score (nSPS) is 11.7. The first-order chi connectivity index (χ1) is 13.9. The number of nitrogens with one attached hydrogen (secondary N) is 1. The molecular weight excluding hydrogens is 374 g/mol. The average molecular weight is 395 g/mol. The topological polar surface area (TPSA) is 105 Å². The number of amides is 1. The summed E-state index contributed by atoms with van der Waals surface area (Å²) < 4.78 is 10.6. The lowest BCUT2D eigenvalue weighted by molar-refractivity contribution is -0.123. The molecule has 0 aromatic heterocycles. The van der Waals surface area contributed by atoms with Gasteiger partial charge in [0, 0.05) is 10.8 Å². The van der Waals surface area contributed by atoms with Gasteiger partial charge in [-0.1, -0.05) is 36.4 Å². The van der Waals surface area contributed by atoms with Gasteiger partial charge < -0.3 is 25.0 Å². The zero-order valence-corrected chi connectivity index (χ0v) is 16.0. The van der Waals surface area contributed by atoms with E-state index >= 15 is 0 Å². The highest BCUT2D eigenvalue weighted by Crippen LogP contribution is 2.35. The molecule has 0 aliphatic carbocycles. The van der Waals surface area contributed by atoms with Crippen LogP contribution in [0.3, 0.4) is 0 Å². The van der Waals surface area contributed by atoms with E-state index in [4.69, 9.17) is 9.47 Å². The molecular formula is C22H21NO6. The van der Waals surface area contributed by atoms with Crippen molar-refractivity contribution >= 4 is 28.3 Å². The molecule has 0 unspecified atom stereocenters. The summed E-state index contributed by atoms with van der Waals surface area (Å²) in [6, 6.07) is 14.6. The van der Waals surface area contributed by atoms with Crippen molar-refractivity contribution in [2.24, 2.45) is 0 Å². The Bertz CT molecular complexity index is 1060. The van der Waals surface area contributed by atoms with Crippen LogP contribution in [0.5, 0.6) is 17.2 Å². The van der Waals surface area contributed by atoms with Crippen LogP contribution < -0.4 is 10.1 Å². The Morgan fingerprint density at radius 3 is 2.41 bits per heavy atom. The fourth-order valence-electron chi connectivity index (χ4n) is 2.86. The van der Waals surface area contributed by atoms with E-state index in [1.54, 1.807) is 48.5 Å². The van der Waals surface area contributed by atoms with Gasteiger partial charge in [-0.3, -0.25) is 4.79 Å². The van der Waals surface area contributed by atoms with Gasteiger partial charge in [-0.2, -0.15) is 0 Å². The van der Waals surface area contributed by atoms with Gasteiger partial charge in [-0.25, -0.2) is 4.79 Å². The van der Waals surface area contributed by atoms with E-state index in [1.807, 2.05) is 6.92 Å². The highest BCUT2D eigenvalue weighted by molar-refractivity contribution is 6.05. The number of rotatable bonds is 6. The molecule has 3 aromatic carbocycles. The van der Waals surface area contributed by atoms with Gasteiger partial charge in [0.15, 0.2) is 6.10 Å². The number of para-hydroxylation sites is 2. The number of phenolic OH excluding ortho intramolecular Hbond substituents is 2. The quantitative estimate of drug-likeness (QED) is 0.433. The number of fused-ring (bicyclic) bond motifs is 1. The molecule has 7 heteroatoms. The van der Waals surface area contributed by atoms with E-state index in [0.717, 1.165) is 6.07 Å². The van der Waals surface area contributed by atoms with Crippen molar-refractivity contribution in [2.75, 3.05) is 11.9 Å². The number of carbonyl (C=O) groups is 2. The number of aromatic hydroxyl groups is 2. The lowest BCUT2D eigenvalue weighted by Crippen LogP contribution is -2.30. The Morgan fingerprint density at radius 2 is 1.69 bits per heavy atom. The minimum absolute atomic E-state index is 0.173. The smallest absolute Gasteiger partial charge is 0.342 e. The SMILES string of the molecule is CCOc1ccccc1NC(=O)[C@@H](C)OC(=O)c1cc(O)c2ccccc2c1O. The maximum absolute atomic E-state index is 12.5. The van der Waals surface area contributed by atoms with Crippen LogP contribution in [0, 0.1) is 0 Å². The van der Waals surface area contributed by atoms with Gasteiger partial charge in [-0.05, 0) is 32.0 Å². The minimum Gasteiger partial charge on any atom is -0.507 e. The third-order valence-corrected chi connectivity index (χ3v) is 4.31. The fraction of sp³-hybridized carbons (Fsp3) is 0.182. The first-order valence-electron chi connectivity index (χ1n) is 9.09. The molecule has 7 nitrogen and oxygen atoms in total. The number of hydrogen-bond acceptors (Lipinski definition) is 6. The summed E-state index contributed by atoms with van der Waals surface area (Å²) in [6.45, 7) is 3.67. The van der Waals surface area contributed by atoms with Crippen molar-refractivity contribution in [3.63, 3.8) is 0 Å². The highest BCUT2D eigenvalue weighted by Gasteiger charge is 2.24. The number of benzene rings is 3. The molecule has 150 valence electrons. The summed E-state index contributed by atoms with van der Waals surface area (Å²) in [5.74, 6) is -1.48. The second kappa shape index (κ2) is 8.52. The average Bonchev–Trinajstić information content (AvgIpc) is 2.72. The summed E-state index contributed by atoms with van der Waals surface area (Å²) in [6.07, 6.45) is -1.15. The van der Waals surface area contributed by atoms with E-state index in [1.165, 1.54) is 6.92 Å². The Balaban J connectivity index is 1.76. The van der Waals surface area contributed by atoms with Crippen LogP contribution in [0.15, 0.2) is 54.6 Å². The molecule has 0 heterocycles. The first kappa shape index (κ1) is 20.0. The number of ether oxygens (including phenoxy) is 2. The van der Waals surface area contributed by atoms with Gasteiger partial charge in [-0.15, -0.1) is 0 Å². The van der Waals surface area contributed by atoms with E-state index in [-0.39, 0.29) is 17.1 Å². The van der Waals surface area contributed by atoms with Crippen molar-refractivity contribution in [3.05, 3.63) is 60.2 Å². The van der Waals surface area contributed by atoms with E-state index in [2.05, 4.69) is 5.32 Å². The minimum atomic E-state index is -1.15. The second-order valence-corrected chi connectivity index (χ2v) is 6.30. The van der Waals surface area contributed by atoms with Gasteiger partial charge in [0.1, 0.15) is 22.8 Å². The first-order valence-corrected chi connectivity index (χ1v) is 9.09. The number of hydrogen-bond donors (Lipinski definition) is 3. The molecule has 0 spiro atoms. The molecule has 0 aliphatic rings. The van der Waals surface area contributed by atoms with Crippen LogP contribution in [0.25, 0.3) is 10.8 Å². The molecule has 0 bridgehead atoms. The molecule has 0 fully saturated rings. The lowest BCUT2D eigenvalue weighted by atomic mass is 10.0. The summed E-state index contributed by atoms with van der Waals surface area (Å²) in [7, 11) is 0. The Hall–Kier alpha value is -3.74. The Kier molecular flexibility index (Phi) is 5.87. The molecule has 1 amide bonds. The van der Waals surface area contributed by atoms with Crippen molar-refractivity contribution < 1.29 is 29.3 Å². The van der Waals surface area contributed by atoms with Gasteiger partial charge in [0.05, 0.1) is 12.3 Å². The Labute approximate surface area is 167 Å². The molecule has 0 saturated carbocycles. The van der Waals surface area contributed by atoms with Crippen molar-refractivity contribution in [2.45, 2.75) is 20.0 Å². The summed E-state index contributed by atoms with van der Waals surface area (Å²) in [5, 5.41) is 23.9. The molecule has 0 radical (unpaired) electrons. The van der Waals surface area contributed by atoms with Crippen LogP contribution in [-0.2, 0) is 9.53 Å². The van der Waals surface area contributed by atoms with Crippen LogP contribution in [0.4, 0.5) is 5.69 Å². The third-order valence-electron chi connectivity index (χ3n) is 4.31. The fourth-order valence-corrected chi connectivity index (χ4v) is 2.86. The standard InChI is InChI=1S/C22H21NO6/c1-3-28-19-11-7-6-10-17(19)23-21(26)13(2)29-22(27)16-12-18(24)14-8-4-5-9-15(14)20(16)25/h4-13,24-25H,3H2,1-2H3,(H,23,26)/t13-/m1/s1. The summed E-state index contributed by atoms with van der Waals surface area (Å²) in [4.78, 5) is 24.9. The maximum Gasteiger partial charge on any atom is 0.342 e. The number of esters is 1. The predicted molar refractivity (Wildman–Crippen MR) is 108 cm³/mol.